The van der Waals surface area contributed by atoms with E-state index in [0.717, 1.165) is 31.0 Å². The molecule has 1 atom stereocenters. The number of hydrogen-bond acceptors (Lipinski definition) is 4. The van der Waals surface area contributed by atoms with Gasteiger partial charge in [0.1, 0.15) is 5.75 Å². The SMILES string of the molecule is NC(=O)C1CCCN1Cc1cccc(NC(=O)COc2ccccc2C(F)(F)F)c1. The molecule has 1 saturated heterocycles. The molecule has 6 nitrogen and oxygen atoms in total. The maximum Gasteiger partial charge on any atom is 0.419 e. The normalized spacial score (nSPS) is 17.0. The van der Waals surface area contributed by atoms with E-state index in [1.165, 1.54) is 18.2 Å². The number of alkyl halides is 3. The summed E-state index contributed by atoms with van der Waals surface area (Å²) in [5.41, 5.74) is 5.86. The second-order valence-corrected chi connectivity index (χ2v) is 7.06. The molecule has 1 unspecified atom stereocenters. The molecule has 0 spiro atoms. The first-order valence-corrected chi connectivity index (χ1v) is 9.45. The lowest BCUT2D eigenvalue weighted by atomic mass is 10.1. The number of benzene rings is 2. The number of anilines is 1. The first-order chi connectivity index (χ1) is 14.2. The Morgan fingerprint density at radius 2 is 1.93 bits per heavy atom. The van der Waals surface area contributed by atoms with Crippen LogP contribution in [0.5, 0.6) is 5.75 Å². The van der Waals surface area contributed by atoms with Gasteiger partial charge in [0, 0.05) is 12.2 Å². The molecule has 2 amide bonds. The van der Waals surface area contributed by atoms with Crippen LogP contribution in [0.25, 0.3) is 0 Å². The van der Waals surface area contributed by atoms with E-state index in [1.54, 1.807) is 18.2 Å². The number of nitrogens with zero attached hydrogens (tertiary/aromatic N) is 1. The summed E-state index contributed by atoms with van der Waals surface area (Å²) >= 11 is 0. The van der Waals surface area contributed by atoms with Crippen LogP contribution in [-0.4, -0.2) is 35.9 Å². The maximum absolute atomic E-state index is 13.0. The van der Waals surface area contributed by atoms with Gasteiger partial charge in [0.2, 0.25) is 5.91 Å². The van der Waals surface area contributed by atoms with Crippen LogP contribution in [0.1, 0.15) is 24.0 Å². The average Bonchev–Trinajstić information content (AvgIpc) is 3.14. The number of likely N-dealkylation sites (tertiary alicyclic amines) is 1. The van der Waals surface area contributed by atoms with Crippen LogP contribution in [0.3, 0.4) is 0 Å². The van der Waals surface area contributed by atoms with Crippen molar-refractivity contribution in [3.05, 3.63) is 59.7 Å². The number of nitrogens with one attached hydrogen (secondary N) is 1. The van der Waals surface area contributed by atoms with Crippen LogP contribution >= 0.6 is 0 Å². The Hall–Kier alpha value is -3.07. The van der Waals surface area contributed by atoms with Crippen LogP contribution in [-0.2, 0) is 22.3 Å². The number of primary amides is 1. The number of rotatable bonds is 7. The Balaban J connectivity index is 1.59. The van der Waals surface area contributed by atoms with Crippen molar-refractivity contribution in [3.8, 4) is 5.75 Å². The Morgan fingerprint density at radius 1 is 1.17 bits per heavy atom. The van der Waals surface area contributed by atoms with Crippen LogP contribution in [0.2, 0.25) is 0 Å². The molecule has 1 aliphatic rings. The number of nitrogens with two attached hydrogens (primary N) is 1. The molecule has 0 saturated carbocycles. The third-order valence-corrected chi connectivity index (χ3v) is 4.84. The molecule has 1 aliphatic heterocycles. The van der Waals surface area contributed by atoms with E-state index >= 15 is 0 Å². The Bertz CT molecular complexity index is 918. The van der Waals surface area contributed by atoms with Gasteiger partial charge in [0.05, 0.1) is 11.6 Å². The Kier molecular flexibility index (Phi) is 6.61. The molecule has 9 heteroatoms. The summed E-state index contributed by atoms with van der Waals surface area (Å²) in [5.74, 6) is -1.34. The summed E-state index contributed by atoms with van der Waals surface area (Å²) in [5, 5.41) is 2.61. The quantitative estimate of drug-likeness (QED) is 0.719. The number of halogens is 3. The molecule has 30 heavy (non-hydrogen) atoms. The van der Waals surface area contributed by atoms with Gasteiger partial charge in [-0.05, 0) is 49.2 Å². The Labute approximate surface area is 171 Å². The lowest BCUT2D eigenvalue weighted by Crippen LogP contribution is -2.39. The largest absolute Gasteiger partial charge is 0.483 e. The summed E-state index contributed by atoms with van der Waals surface area (Å²) in [4.78, 5) is 25.7. The first-order valence-electron chi connectivity index (χ1n) is 9.45. The van der Waals surface area contributed by atoms with Crippen LogP contribution in [0.15, 0.2) is 48.5 Å². The lowest BCUT2D eigenvalue weighted by molar-refractivity contribution is -0.139. The number of carbonyl (C=O) groups is 2. The Morgan fingerprint density at radius 3 is 2.67 bits per heavy atom. The summed E-state index contributed by atoms with van der Waals surface area (Å²) < 4.78 is 44.1. The van der Waals surface area contributed by atoms with E-state index in [2.05, 4.69) is 5.32 Å². The summed E-state index contributed by atoms with van der Waals surface area (Å²) in [6, 6.07) is 11.5. The minimum Gasteiger partial charge on any atom is -0.483 e. The minimum absolute atomic E-state index is 0.301. The zero-order valence-electron chi connectivity index (χ0n) is 16.1. The van der Waals surface area contributed by atoms with E-state index in [-0.39, 0.29) is 11.9 Å². The lowest BCUT2D eigenvalue weighted by Gasteiger charge is -2.22. The highest BCUT2D eigenvalue weighted by Gasteiger charge is 2.34. The van der Waals surface area contributed by atoms with Gasteiger partial charge in [-0.2, -0.15) is 13.2 Å². The van der Waals surface area contributed by atoms with Crippen molar-refractivity contribution >= 4 is 17.5 Å². The highest BCUT2D eigenvalue weighted by atomic mass is 19.4. The molecule has 2 aromatic carbocycles. The van der Waals surface area contributed by atoms with Gasteiger partial charge in [-0.3, -0.25) is 14.5 Å². The molecule has 0 aliphatic carbocycles. The van der Waals surface area contributed by atoms with Gasteiger partial charge in [-0.15, -0.1) is 0 Å². The first kappa shape index (κ1) is 21.6. The molecule has 1 fully saturated rings. The number of para-hydroxylation sites is 1. The van der Waals surface area contributed by atoms with E-state index in [1.807, 2.05) is 11.0 Å². The fraction of sp³-hybridized carbons (Fsp3) is 0.333. The predicted molar refractivity (Wildman–Crippen MR) is 105 cm³/mol. The summed E-state index contributed by atoms with van der Waals surface area (Å²) in [7, 11) is 0. The van der Waals surface area contributed by atoms with Crippen LogP contribution < -0.4 is 15.8 Å². The fourth-order valence-electron chi connectivity index (χ4n) is 3.49. The second-order valence-electron chi connectivity index (χ2n) is 7.06. The molecule has 0 bridgehead atoms. The van der Waals surface area contributed by atoms with E-state index < -0.39 is 30.0 Å². The smallest absolute Gasteiger partial charge is 0.419 e. The van der Waals surface area contributed by atoms with E-state index in [9.17, 15) is 22.8 Å². The molecule has 2 aromatic rings. The van der Waals surface area contributed by atoms with Crippen molar-refractivity contribution in [2.75, 3.05) is 18.5 Å². The zero-order valence-corrected chi connectivity index (χ0v) is 16.1. The minimum atomic E-state index is -4.57. The highest BCUT2D eigenvalue weighted by molar-refractivity contribution is 5.92. The monoisotopic (exact) mass is 421 g/mol. The summed E-state index contributed by atoms with van der Waals surface area (Å²) in [6.45, 7) is 0.705. The van der Waals surface area contributed by atoms with Crippen molar-refractivity contribution < 1.29 is 27.5 Å². The molecule has 1 heterocycles. The van der Waals surface area contributed by atoms with Gasteiger partial charge < -0.3 is 15.8 Å². The third kappa shape index (κ3) is 5.50. The molecule has 0 radical (unpaired) electrons. The maximum atomic E-state index is 13.0. The molecule has 3 N–H and O–H groups in total. The van der Waals surface area contributed by atoms with Gasteiger partial charge in [-0.25, -0.2) is 0 Å². The fourth-order valence-corrected chi connectivity index (χ4v) is 3.49. The van der Waals surface area contributed by atoms with Crippen molar-refractivity contribution in [1.29, 1.82) is 0 Å². The van der Waals surface area contributed by atoms with Crippen LogP contribution in [0, 0.1) is 0 Å². The topological polar surface area (TPSA) is 84.7 Å². The van der Waals surface area contributed by atoms with E-state index in [0.29, 0.717) is 12.2 Å². The van der Waals surface area contributed by atoms with Gasteiger partial charge in [0.15, 0.2) is 6.61 Å². The van der Waals surface area contributed by atoms with Crippen molar-refractivity contribution in [2.24, 2.45) is 5.73 Å². The van der Waals surface area contributed by atoms with Crippen molar-refractivity contribution in [1.82, 2.24) is 4.90 Å². The highest BCUT2D eigenvalue weighted by Crippen LogP contribution is 2.35. The zero-order chi connectivity index (χ0) is 21.7. The standard InChI is InChI=1S/C21H22F3N3O3/c22-21(23,24)16-7-1-2-9-18(16)30-13-19(28)26-15-6-3-5-14(11-15)12-27-10-4-8-17(27)20(25)29/h1-3,5-7,9,11,17H,4,8,10,12-13H2,(H2,25,29)(H,26,28). The van der Waals surface area contributed by atoms with Gasteiger partial charge >= 0.3 is 6.18 Å². The molecule has 160 valence electrons. The van der Waals surface area contributed by atoms with Crippen LogP contribution in [0.4, 0.5) is 18.9 Å². The van der Waals surface area contributed by atoms with Crippen molar-refractivity contribution in [2.45, 2.75) is 31.6 Å². The number of hydrogen-bond donors (Lipinski definition) is 2. The van der Waals surface area contributed by atoms with Crippen molar-refractivity contribution in [3.63, 3.8) is 0 Å². The average molecular weight is 421 g/mol. The van der Waals surface area contributed by atoms with E-state index in [4.69, 9.17) is 10.5 Å². The molecule has 0 aromatic heterocycles. The second kappa shape index (κ2) is 9.17. The number of ether oxygens (including phenoxy) is 1. The predicted octanol–water partition coefficient (Wildman–Crippen LogP) is 3.17. The third-order valence-electron chi connectivity index (χ3n) is 4.84. The van der Waals surface area contributed by atoms with Gasteiger partial charge in [0.25, 0.3) is 5.91 Å². The number of amides is 2. The molecular formula is C21H22F3N3O3. The molecule has 3 rings (SSSR count). The number of carbonyl (C=O) groups excluding carboxylic acids is 2. The summed E-state index contributed by atoms with van der Waals surface area (Å²) in [6.07, 6.45) is -2.96. The molecular weight excluding hydrogens is 399 g/mol. The van der Waals surface area contributed by atoms with Gasteiger partial charge in [-0.1, -0.05) is 24.3 Å².